The highest BCUT2D eigenvalue weighted by molar-refractivity contribution is 5.97. The zero-order chi connectivity index (χ0) is 13.7. The summed E-state index contributed by atoms with van der Waals surface area (Å²) in [5, 5.41) is 8.88. The maximum atomic E-state index is 12.1. The van der Waals surface area contributed by atoms with Gasteiger partial charge in [0.1, 0.15) is 0 Å². The van der Waals surface area contributed by atoms with Gasteiger partial charge in [-0.25, -0.2) is 4.79 Å². The molecule has 0 aliphatic rings. The van der Waals surface area contributed by atoms with E-state index in [0.717, 1.165) is 6.42 Å². The van der Waals surface area contributed by atoms with Crippen LogP contribution in [-0.4, -0.2) is 35.5 Å². The van der Waals surface area contributed by atoms with Crippen molar-refractivity contribution in [2.24, 2.45) is 5.92 Å². The third kappa shape index (κ3) is 3.87. The number of carboxylic acid groups (broad SMARTS) is 1. The van der Waals surface area contributed by atoms with Gasteiger partial charge in [0.2, 0.25) is 0 Å². The van der Waals surface area contributed by atoms with Crippen LogP contribution >= 0.6 is 0 Å². The first-order valence-electron chi connectivity index (χ1n) is 6.00. The van der Waals surface area contributed by atoms with Crippen molar-refractivity contribution in [1.82, 2.24) is 4.90 Å². The molecular formula is C14H19NO3. The second kappa shape index (κ2) is 6.19. The minimum atomic E-state index is -1.02. The second-order valence-electron chi connectivity index (χ2n) is 4.80. The Morgan fingerprint density at radius 3 is 2.44 bits per heavy atom. The molecule has 0 radical (unpaired) electrons. The van der Waals surface area contributed by atoms with E-state index in [0.29, 0.717) is 18.0 Å². The van der Waals surface area contributed by atoms with Gasteiger partial charge in [0, 0.05) is 19.2 Å². The summed E-state index contributed by atoms with van der Waals surface area (Å²) in [6.07, 6.45) is 0.931. The number of rotatable bonds is 5. The first kappa shape index (κ1) is 14.2. The van der Waals surface area contributed by atoms with Crippen molar-refractivity contribution in [2.45, 2.75) is 20.3 Å². The molecule has 1 aromatic carbocycles. The first-order valence-corrected chi connectivity index (χ1v) is 6.00. The van der Waals surface area contributed by atoms with Gasteiger partial charge in [0.25, 0.3) is 5.91 Å². The van der Waals surface area contributed by atoms with E-state index < -0.39 is 5.97 Å². The summed E-state index contributed by atoms with van der Waals surface area (Å²) in [7, 11) is 1.73. The van der Waals surface area contributed by atoms with Crippen LogP contribution < -0.4 is 0 Å². The van der Waals surface area contributed by atoms with E-state index in [9.17, 15) is 9.59 Å². The highest BCUT2D eigenvalue weighted by Crippen LogP contribution is 2.09. The lowest BCUT2D eigenvalue weighted by molar-refractivity contribution is 0.0697. The summed E-state index contributed by atoms with van der Waals surface area (Å²) in [6, 6.07) is 6.12. The van der Waals surface area contributed by atoms with E-state index in [1.54, 1.807) is 24.1 Å². The highest BCUT2D eigenvalue weighted by Gasteiger charge is 2.13. The molecule has 0 unspecified atom stereocenters. The lowest BCUT2D eigenvalue weighted by Gasteiger charge is -2.18. The maximum absolute atomic E-state index is 12.1. The predicted octanol–water partition coefficient (Wildman–Crippen LogP) is 2.50. The van der Waals surface area contributed by atoms with E-state index in [1.807, 2.05) is 0 Å². The fraction of sp³-hybridized carbons (Fsp3) is 0.429. The Kier molecular flexibility index (Phi) is 4.89. The number of carboxylic acids is 1. The number of benzene rings is 1. The van der Waals surface area contributed by atoms with Gasteiger partial charge in [0.15, 0.2) is 0 Å². The molecule has 0 bridgehead atoms. The minimum absolute atomic E-state index is 0.137. The number of hydrogen-bond acceptors (Lipinski definition) is 2. The Morgan fingerprint density at radius 2 is 1.89 bits per heavy atom. The Bertz CT molecular complexity index is 440. The van der Waals surface area contributed by atoms with Crippen LogP contribution in [0.4, 0.5) is 0 Å². The zero-order valence-corrected chi connectivity index (χ0v) is 11.0. The normalized spacial score (nSPS) is 10.4. The third-order valence-electron chi connectivity index (χ3n) is 2.75. The molecule has 0 saturated heterocycles. The molecule has 0 heterocycles. The van der Waals surface area contributed by atoms with E-state index in [-0.39, 0.29) is 11.5 Å². The van der Waals surface area contributed by atoms with Crippen molar-refractivity contribution in [3.05, 3.63) is 35.4 Å². The van der Waals surface area contributed by atoms with Crippen molar-refractivity contribution >= 4 is 11.9 Å². The summed E-state index contributed by atoms with van der Waals surface area (Å²) in [5.74, 6) is -0.626. The molecule has 1 amide bonds. The Hall–Kier alpha value is -1.84. The molecule has 4 heteroatoms. The molecule has 0 aliphatic heterocycles. The number of hydrogen-bond donors (Lipinski definition) is 1. The SMILES string of the molecule is CC(C)CCN(C)C(=O)c1cccc(C(=O)O)c1. The third-order valence-corrected chi connectivity index (χ3v) is 2.75. The average molecular weight is 249 g/mol. The largest absolute Gasteiger partial charge is 0.478 e. The predicted molar refractivity (Wildman–Crippen MR) is 69.8 cm³/mol. The summed E-state index contributed by atoms with van der Waals surface area (Å²) in [6.45, 7) is 4.88. The Morgan fingerprint density at radius 1 is 1.28 bits per heavy atom. The van der Waals surface area contributed by atoms with Gasteiger partial charge in [-0.3, -0.25) is 4.79 Å². The van der Waals surface area contributed by atoms with Crippen LogP contribution in [0.3, 0.4) is 0 Å². The van der Waals surface area contributed by atoms with E-state index in [4.69, 9.17) is 5.11 Å². The lowest BCUT2D eigenvalue weighted by atomic mass is 10.1. The second-order valence-corrected chi connectivity index (χ2v) is 4.80. The van der Waals surface area contributed by atoms with Crippen molar-refractivity contribution < 1.29 is 14.7 Å². The summed E-state index contributed by atoms with van der Waals surface area (Å²) < 4.78 is 0. The number of nitrogens with zero attached hydrogens (tertiary/aromatic N) is 1. The topological polar surface area (TPSA) is 57.6 Å². The van der Waals surface area contributed by atoms with Crippen LogP contribution in [0, 0.1) is 5.92 Å². The molecule has 4 nitrogen and oxygen atoms in total. The fourth-order valence-corrected chi connectivity index (χ4v) is 1.56. The molecule has 98 valence electrons. The average Bonchev–Trinajstić information content (AvgIpc) is 2.35. The van der Waals surface area contributed by atoms with Gasteiger partial charge in [-0.2, -0.15) is 0 Å². The molecule has 0 aliphatic carbocycles. The van der Waals surface area contributed by atoms with Crippen molar-refractivity contribution in [1.29, 1.82) is 0 Å². The number of carbonyl (C=O) groups is 2. The molecule has 0 aromatic heterocycles. The van der Waals surface area contributed by atoms with Gasteiger partial charge in [-0.05, 0) is 30.5 Å². The van der Waals surface area contributed by atoms with Crippen molar-refractivity contribution in [3.8, 4) is 0 Å². The van der Waals surface area contributed by atoms with Gasteiger partial charge in [-0.15, -0.1) is 0 Å². The molecule has 0 spiro atoms. The van der Waals surface area contributed by atoms with Crippen molar-refractivity contribution in [2.75, 3.05) is 13.6 Å². The monoisotopic (exact) mass is 249 g/mol. The van der Waals surface area contributed by atoms with Crippen LogP contribution in [0.2, 0.25) is 0 Å². The lowest BCUT2D eigenvalue weighted by Crippen LogP contribution is -2.28. The van der Waals surface area contributed by atoms with Crippen LogP contribution in [0.25, 0.3) is 0 Å². The van der Waals surface area contributed by atoms with Gasteiger partial charge in [-0.1, -0.05) is 19.9 Å². The summed E-state index contributed by atoms with van der Waals surface area (Å²) in [5.41, 5.74) is 0.555. The molecule has 18 heavy (non-hydrogen) atoms. The molecule has 0 saturated carbocycles. The van der Waals surface area contributed by atoms with Crippen LogP contribution in [0.15, 0.2) is 24.3 Å². The standard InChI is InChI=1S/C14H19NO3/c1-10(2)7-8-15(3)13(16)11-5-4-6-12(9-11)14(17)18/h4-6,9-10H,7-8H2,1-3H3,(H,17,18). The molecule has 1 rings (SSSR count). The fourth-order valence-electron chi connectivity index (χ4n) is 1.56. The molecule has 0 fully saturated rings. The Balaban J connectivity index is 2.77. The molecule has 1 N–H and O–H groups in total. The summed E-state index contributed by atoms with van der Waals surface area (Å²) >= 11 is 0. The van der Waals surface area contributed by atoms with Gasteiger partial charge in [0.05, 0.1) is 5.56 Å². The smallest absolute Gasteiger partial charge is 0.335 e. The van der Waals surface area contributed by atoms with Crippen molar-refractivity contribution in [3.63, 3.8) is 0 Å². The zero-order valence-electron chi connectivity index (χ0n) is 11.0. The molecule has 1 aromatic rings. The number of carbonyl (C=O) groups excluding carboxylic acids is 1. The van der Waals surface area contributed by atoms with E-state index in [1.165, 1.54) is 12.1 Å². The number of aromatic carboxylic acids is 1. The van der Waals surface area contributed by atoms with Gasteiger partial charge < -0.3 is 10.0 Å². The maximum Gasteiger partial charge on any atom is 0.335 e. The summed E-state index contributed by atoms with van der Waals surface area (Å²) in [4.78, 5) is 24.5. The molecular weight excluding hydrogens is 230 g/mol. The first-order chi connectivity index (χ1) is 8.41. The molecule has 0 atom stereocenters. The highest BCUT2D eigenvalue weighted by atomic mass is 16.4. The minimum Gasteiger partial charge on any atom is -0.478 e. The quantitative estimate of drug-likeness (QED) is 0.872. The Labute approximate surface area is 107 Å². The number of amides is 1. The van der Waals surface area contributed by atoms with Crippen LogP contribution in [0.1, 0.15) is 41.0 Å². The van der Waals surface area contributed by atoms with Crippen LogP contribution in [0.5, 0.6) is 0 Å². The van der Waals surface area contributed by atoms with Crippen LogP contribution in [-0.2, 0) is 0 Å². The van der Waals surface area contributed by atoms with E-state index >= 15 is 0 Å². The van der Waals surface area contributed by atoms with E-state index in [2.05, 4.69) is 13.8 Å². The van der Waals surface area contributed by atoms with Gasteiger partial charge >= 0.3 is 5.97 Å².